The van der Waals surface area contributed by atoms with E-state index in [0.717, 1.165) is 43.0 Å². The van der Waals surface area contributed by atoms with E-state index in [9.17, 15) is 0 Å². The molecule has 110 valence electrons. The maximum Gasteiger partial charge on any atom is 0.0833 e. The molecule has 0 amide bonds. The summed E-state index contributed by atoms with van der Waals surface area (Å²) in [5, 5.41) is 5.04. The monoisotopic (exact) mass is 340 g/mol. The molecule has 0 atom stereocenters. The van der Waals surface area contributed by atoms with Crippen LogP contribution in [0, 0.1) is 0 Å². The lowest BCUT2D eigenvalue weighted by Crippen LogP contribution is -2.43. The normalized spacial score (nSPS) is 15.3. The first-order valence-electron chi connectivity index (χ1n) is 6.87. The van der Waals surface area contributed by atoms with E-state index in [4.69, 9.17) is 34.8 Å². The van der Waals surface area contributed by atoms with Gasteiger partial charge < -0.3 is 10.2 Å². The number of piperazine rings is 1. The van der Waals surface area contributed by atoms with E-state index >= 15 is 0 Å². The summed E-state index contributed by atoms with van der Waals surface area (Å²) in [6.45, 7) is 3.67. The van der Waals surface area contributed by atoms with Crippen molar-refractivity contribution in [2.75, 3.05) is 31.1 Å². The van der Waals surface area contributed by atoms with E-state index in [0.29, 0.717) is 15.1 Å². The molecule has 1 fully saturated rings. The van der Waals surface area contributed by atoms with Gasteiger partial charge in [0.15, 0.2) is 0 Å². The zero-order chi connectivity index (χ0) is 14.8. The van der Waals surface area contributed by atoms with E-state index in [2.05, 4.69) is 10.2 Å². The second-order valence-electron chi connectivity index (χ2n) is 4.98. The van der Waals surface area contributed by atoms with Gasteiger partial charge in [-0.15, -0.1) is 0 Å². The third-order valence-corrected chi connectivity index (χ3v) is 4.81. The van der Waals surface area contributed by atoms with Crippen LogP contribution >= 0.6 is 34.8 Å². The van der Waals surface area contributed by atoms with E-state index in [-0.39, 0.29) is 0 Å². The highest BCUT2D eigenvalue weighted by Gasteiger charge is 2.20. The first kappa shape index (κ1) is 15.0. The van der Waals surface area contributed by atoms with Crippen molar-refractivity contribution in [1.82, 2.24) is 5.32 Å². The molecule has 0 aliphatic carbocycles. The van der Waals surface area contributed by atoms with Crippen LogP contribution < -0.4 is 10.2 Å². The summed E-state index contributed by atoms with van der Waals surface area (Å²) in [4.78, 5) is 2.21. The topological polar surface area (TPSA) is 15.3 Å². The molecular weight excluding hydrogens is 327 g/mol. The zero-order valence-electron chi connectivity index (χ0n) is 11.4. The van der Waals surface area contributed by atoms with Crippen LogP contribution in [0.15, 0.2) is 36.4 Å². The molecule has 1 heterocycles. The SMILES string of the molecule is Clc1cc(N2CCNCC2)c(Cl)c(Cl)c1-c1ccccc1. The average Bonchev–Trinajstić information content (AvgIpc) is 2.53. The summed E-state index contributed by atoms with van der Waals surface area (Å²) < 4.78 is 0. The molecule has 0 saturated carbocycles. The standard InChI is InChI=1S/C16H15Cl3N2/c17-12-10-13(21-8-6-20-7-9-21)15(18)16(19)14(12)11-4-2-1-3-5-11/h1-5,10,20H,6-9H2. The summed E-state index contributed by atoms with van der Waals surface area (Å²) in [6, 6.07) is 11.8. The van der Waals surface area contributed by atoms with Gasteiger partial charge >= 0.3 is 0 Å². The highest BCUT2D eigenvalue weighted by atomic mass is 35.5. The number of nitrogens with zero attached hydrogens (tertiary/aromatic N) is 1. The Morgan fingerprint density at radius 3 is 2.24 bits per heavy atom. The van der Waals surface area contributed by atoms with Crippen LogP contribution in [-0.4, -0.2) is 26.2 Å². The van der Waals surface area contributed by atoms with Crippen molar-refractivity contribution in [2.45, 2.75) is 0 Å². The zero-order valence-corrected chi connectivity index (χ0v) is 13.6. The van der Waals surface area contributed by atoms with E-state index in [1.165, 1.54) is 0 Å². The van der Waals surface area contributed by atoms with Gasteiger partial charge in [-0.1, -0.05) is 65.1 Å². The maximum absolute atomic E-state index is 6.50. The van der Waals surface area contributed by atoms with Gasteiger partial charge in [-0.2, -0.15) is 0 Å². The minimum atomic E-state index is 0.517. The summed E-state index contributed by atoms with van der Waals surface area (Å²) in [5.41, 5.74) is 2.68. The minimum absolute atomic E-state index is 0.517. The lowest BCUT2D eigenvalue weighted by Gasteiger charge is -2.31. The Labute approximate surface area is 139 Å². The average molecular weight is 342 g/mol. The smallest absolute Gasteiger partial charge is 0.0833 e. The van der Waals surface area contributed by atoms with Crippen LogP contribution in [0.25, 0.3) is 11.1 Å². The third kappa shape index (κ3) is 3.00. The summed E-state index contributed by atoms with van der Waals surface area (Å²) >= 11 is 19.5. The van der Waals surface area contributed by atoms with Crippen LogP contribution in [0.4, 0.5) is 5.69 Å². The molecule has 2 aromatic rings. The molecule has 0 unspecified atom stereocenters. The molecule has 5 heteroatoms. The molecule has 2 nitrogen and oxygen atoms in total. The second-order valence-corrected chi connectivity index (χ2v) is 6.15. The van der Waals surface area contributed by atoms with Gasteiger partial charge in [-0.3, -0.25) is 0 Å². The lowest BCUT2D eigenvalue weighted by atomic mass is 10.0. The highest BCUT2D eigenvalue weighted by Crippen LogP contribution is 2.44. The Balaban J connectivity index is 2.07. The van der Waals surface area contributed by atoms with Gasteiger partial charge in [0.1, 0.15) is 0 Å². The Kier molecular flexibility index (Phi) is 4.60. The fraction of sp³-hybridized carbons (Fsp3) is 0.250. The number of hydrogen-bond acceptors (Lipinski definition) is 2. The molecule has 1 aliphatic rings. The molecule has 0 bridgehead atoms. The fourth-order valence-corrected chi connectivity index (χ4v) is 3.52. The Morgan fingerprint density at radius 2 is 1.57 bits per heavy atom. The molecule has 0 aromatic heterocycles. The molecule has 1 N–H and O–H groups in total. The van der Waals surface area contributed by atoms with E-state index in [1.807, 2.05) is 36.4 Å². The van der Waals surface area contributed by atoms with Crippen molar-refractivity contribution >= 4 is 40.5 Å². The molecule has 2 aromatic carbocycles. The van der Waals surface area contributed by atoms with Gasteiger partial charge in [0.05, 0.1) is 20.8 Å². The molecule has 0 spiro atoms. The summed E-state index contributed by atoms with van der Waals surface area (Å²) in [6.07, 6.45) is 0. The van der Waals surface area contributed by atoms with Gasteiger partial charge in [-0.05, 0) is 11.6 Å². The van der Waals surface area contributed by atoms with Crippen molar-refractivity contribution < 1.29 is 0 Å². The van der Waals surface area contributed by atoms with Crippen molar-refractivity contribution in [1.29, 1.82) is 0 Å². The number of benzene rings is 2. The van der Waals surface area contributed by atoms with Crippen LogP contribution in [0.1, 0.15) is 0 Å². The van der Waals surface area contributed by atoms with E-state index in [1.54, 1.807) is 0 Å². The predicted octanol–water partition coefficient (Wildman–Crippen LogP) is 4.72. The van der Waals surface area contributed by atoms with Gasteiger partial charge in [0.2, 0.25) is 0 Å². The molecule has 0 radical (unpaired) electrons. The molecule has 21 heavy (non-hydrogen) atoms. The van der Waals surface area contributed by atoms with Gasteiger partial charge in [-0.25, -0.2) is 0 Å². The summed E-state index contributed by atoms with van der Waals surface area (Å²) in [7, 11) is 0. The minimum Gasteiger partial charge on any atom is -0.368 e. The Bertz CT molecular complexity index is 638. The van der Waals surface area contributed by atoms with Crippen molar-refractivity contribution in [2.24, 2.45) is 0 Å². The van der Waals surface area contributed by atoms with Crippen molar-refractivity contribution in [3.8, 4) is 11.1 Å². The van der Waals surface area contributed by atoms with Gasteiger partial charge in [0.25, 0.3) is 0 Å². The largest absolute Gasteiger partial charge is 0.368 e. The molecule has 3 rings (SSSR count). The van der Waals surface area contributed by atoms with E-state index < -0.39 is 0 Å². The second kappa shape index (κ2) is 6.45. The third-order valence-electron chi connectivity index (χ3n) is 3.66. The molecule has 1 saturated heterocycles. The van der Waals surface area contributed by atoms with Crippen LogP contribution in [0.3, 0.4) is 0 Å². The van der Waals surface area contributed by atoms with Crippen LogP contribution in [0.2, 0.25) is 15.1 Å². The maximum atomic E-state index is 6.50. The van der Waals surface area contributed by atoms with Crippen molar-refractivity contribution in [3.05, 3.63) is 51.5 Å². The number of rotatable bonds is 2. The number of anilines is 1. The predicted molar refractivity (Wildman–Crippen MR) is 92.0 cm³/mol. The molecule has 1 aliphatic heterocycles. The van der Waals surface area contributed by atoms with Crippen LogP contribution in [0.5, 0.6) is 0 Å². The Hall–Kier alpha value is -0.930. The lowest BCUT2D eigenvalue weighted by molar-refractivity contribution is 0.589. The van der Waals surface area contributed by atoms with Crippen molar-refractivity contribution in [3.63, 3.8) is 0 Å². The number of nitrogens with one attached hydrogen (secondary N) is 1. The number of halogens is 3. The first-order chi connectivity index (χ1) is 10.2. The fourth-order valence-electron chi connectivity index (χ4n) is 2.59. The summed E-state index contributed by atoms with van der Waals surface area (Å²) in [5.74, 6) is 0. The molecular formula is C16H15Cl3N2. The highest BCUT2D eigenvalue weighted by molar-refractivity contribution is 6.47. The number of hydrogen-bond donors (Lipinski definition) is 1. The van der Waals surface area contributed by atoms with Crippen LogP contribution in [-0.2, 0) is 0 Å². The Morgan fingerprint density at radius 1 is 0.905 bits per heavy atom. The van der Waals surface area contributed by atoms with Gasteiger partial charge in [0, 0.05) is 31.7 Å². The quantitative estimate of drug-likeness (QED) is 0.795. The first-order valence-corrected chi connectivity index (χ1v) is 8.00.